The number of nitrogens with zero attached hydrogens (tertiary/aromatic N) is 2. The average molecular weight is 279 g/mol. The molecule has 2 unspecified atom stereocenters. The maximum absolute atomic E-state index is 6.03. The molecule has 0 amide bonds. The summed E-state index contributed by atoms with van der Waals surface area (Å²) in [7, 11) is 0. The maximum atomic E-state index is 6.03. The standard InChI is InChI=1S/C18H21N3/c1-17(2)12-9-10-18(17,3)15-13(12)14(20-16(19)21-15)11-7-5-4-6-8-11/h4-8,12H,9-10H2,1-3H3,(H2,19,20,21). The lowest BCUT2D eigenvalue weighted by molar-refractivity contribution is 0.227. The Morgan fingerprint density at radius 3 is 2.52 bits per heavy atom. The van der Waals surface area contributed by atoms with E-state index in [4.69, 9.17) is 5.73 Å². The van der Waals surface area contributed by atoms with Crippen LogP contribution < -0.4 is 5.73 Å². The number of hydrogen-bond acceptors (Lipinski definition) is 3. The van der Waals surface area contributed by atoms with Crippen LogP contribution in [0.3, 0.4) is 0 Å². The zero-order valence-corrected chi connectivity index (χ0v) is 12.9. The highest BCUT2D eigenvalue weighted by atomic mass is 15.0. The molecule has 0 radical (unpaired) electrons. The molecule has 1 aromatic heterocycles. The van der Waals surface area contributed by atoms with Crippen molar-refractivity contribution in [3.05, 3.63) is 41.6 Å². The van der Waals surface area contributed by atoms with E-state index in [1.807, 2.05) is 6.07 Å². The quantitative estimate of drug-likeness (QED) is 0.861. The Morgan fingerprint density at radius 2 is 1.81 bits per heavy atom. The number of hydrogen-bond donors (Lipinski definition) is 1. The Morgan fingerprint density at radius 1 is 1.10 bits per heavy atom. The number of benzene rings is 1. The summed E-state index contributed by atoms with van der Waals surface area (Å²) in [5.41, 5.74) is 11.1. The smallest absolute Gasteiger partial charge is 0.220 e. The van der Waals surface area contributed by atoms with E-state index in [9.17, 15) is 0 Å². The Bertz CT molecular complexity index is 721. The molecule has 2 bridgehead atoms. The highest BCUT2D eigenvalue weighted by Gasteiger charge is 2.61. The van der Waals surface area contributed by atoms with Gasteiger partial charge in [-0.2, -0.15) is 0 Å². The van der Waals surface area contributed by atoms with Crippen LogP contribution in [0, 0.1) is 5.41 Å². The van der Waals surface area contributed by atoms with Crippen molar-refractivity contribution in [3.8, 4) is 11.3 Å². The van der Waals surface area contributed by atoms with Crippen molar-refractivity contribution >= 4 is 5.95 Å². The third-order valence-corrected chi connectivity index (χ3v) is 6.11. The van der Waals surface area contributed by atoms with Crippen LogP contribution >= 0.6 is 0 Å². The molecule has 4 rings (SSSR count). The van der Waals surface area contributed by atoms with Gasteiger partial charge in [0, 0.05) is 16.5 Å². The molecule has 2 aliphatic carbocycles. The van der Waals surface area contributed by atoms with Crippen LogP contribution in [-0.4, -0.2) is 9.97 Å². The predicted molar refractivity (Wildman–Crippen MR) is 85.0 cm³/mol. The zero-order valence-electron chi connectivity index (χ0n) is 12.9. The van der Waals surface area contributed by atoms with Crippen LogP contribution in [-0.2, 0) is 5.41 Å². The lowest BCUT2D eigenvalue weighted by Gasteiger charge is -2.34. The number of aromatic nitrogens is 2. The molecule has 21 heavy (non-hydrogen) atoms. The van der Waals surface area contributed by atoms with Crippen molar-refractivity contribution in [1.29, 1.82) is 0 Å². The van der Waals surface area contributed by atoms with Gasteiger partial charge in [-0.3, -0.25) is 0 Å². The van der Waals surface area contributed by atoms with Gasteiger partial charge in [0.25, 0.3) is 0 Å². The van der Waals surface area contributed by atoms with Crippen LogP contribution in [0.15, 0.2) is 30.3 Å². The third kappa shape index (κ3) is 1.44. The summed E-state index contributed by atoms with van der Waals surface area (Å²) in [6.45, 7) is 7.09. The third-order valence-electron chi connectivity index (χ3n) is 6.11. The van der Waals surface area contributed by atoms with Gasteiger partial charge in [0.15, 0.2) is 0 Å². The minimum Gasteiger partial charge on any atom is -0.368 e. The molecule has 2 N–H and O–H groups in total. The van der Waals surface area contributed by atoms with Crippen LogP contribution in [0.4, 0.5) is 5.95 Å². The van der Waals surface area contributed by atoms with Gasteiger partial charge in [-0.15, -0.1) is 0 Å². The second-order valence-electron chi connectivity index (χ2n) is 7.20. The topological polar surface area (TPSA) is 51.8 Å². The van der Waals surface area contributed by atoms with Gasteiger partial charge in [0.2, 0.25) is 5.95 Å². The minimum absolute atomic E-state index is 0.119. The Labute approximate surface area is 125 Å². The van der Waals surface area contributed by atoms with Crippen molar-refractivity contribution < 1.29 is 0 Å². The molecule has 0 saturated heterocycles. The molecule has 1 heterocycles. The fourth-order valence-corrected chi connectivity index (χ4v) is 4.48. The number of anilines is 1. The average Bonchev–Trinajstić information content (AvgIpc) is 2.79. The molecule has 2 aliphatic rings. The first kappa shape index (κ1) is 12.8. The van der Waals surface area contributed by atoms with Crippen molar-refractivity contribution in [3.63, 3.8) is 0 Å². The molecule has 2 aromatic rings. The zero-order chi connectivity index (χ0) is 14.8. The number of nitrogen functional groups attached to an aromatic ring is 1. The monoisotopic (exact) mass is 279 g/mol. The van der Waals surface area contributed by atoms with Crippen molar-refractivity contribution in [1.82, 2.24) is 9.97 Å². The van der Waals surface area contributed by atoms with Crippen molar-refractivity contribution in [2.75, 3.05) is 5.73 Å². The SMILES string of the molecule is CC12CCC(c3c(-c4ccccc4)nc(N)nc31)C2(C)C. The molecule has 1 fully saturated rings. The Hall–Kier alpha value is -1.90. The summed E-state index contributed by atoms with van der Waals surface area (Å²) in [6.07, 6.45) is 2.42. The van der Waals surface area contributed by atoms with E-state index in [0.717, 1.165) is 11.3 Å². The molecule has 2 atom stereocenters. The van der Waals surface area contributed by atoms with Gasteiger partial charge in [-0.1, -0.05) is 51.1 Å². The van der Waals surface area contributed by atoms with Gasteiger partial charge in [-0.25, -0.2) is 9.97 Å². The highest BCUT2D eigenvalue weighted by Crippen LogP contribution is 2.68. The van der Waals surface area contributed by atoms with E-state index in [-0.39, 0.29) is 10.8 Å². The summed E-state index contributed by atoms with van der Waals surface area (Å²) in [5, 5.41) is 0. The molecule has 0 aliphatic heterocycles. The van der Waals surface area contributed by atoms with Crippen LogP contribution in [0.25, 0.3) is 11.3 Å². The number of rotatable bonds is 1. The molecular weight excluding hydrogens is 258 g/mol. The first-order valence-corrected chi connectivity index (χ1v) is 7.68. The van der Waals surface area contributed by atoms with Crippen molar-refractivity contribution in [2.24, 2.45) is 5.41 Å². The lowest BCUT2D eigenvalue weighted by atomic mass is 9.70. The second kappa shape index (κ2) is 3.85. The van der Waals surface area contributed by atoms with E-state index in [0.29, 0.717) is 11.9 Å². The normalized spacial score (nSPS) is 28.6. The molecule has 1 aromatic carbocycles. The Balaban J connectivity index is 2.03. The molecular formula is C18H21N3. The molecule has 0 spiro atoms. The molecule has 1 saturated carbocycles. The number of nitrogens with two attached hydrogens (primary N) is 1. The van der Waals surface area contributed by atoms with E-state index in [2.05, 4.69) is 55.0 Å². The summed E-state index contributed by atoms with van der Waals surface area (Å²) in [5.74, 6) is 0.936. The summed E-state index contributed by atoms with van der Waals surface area (Å²) < 4.78 is 0. The van der Waals surface area contributed by atoms with Gasteiger partial charge < -0.3 is 5.73 Å². The lowest BCUT2D eigenvalue weighted by Crippen LogP contribution is -2.32. The Kier molecular flexibility index (Phi) is 2.35. The highest BCUT2D eigenvalue weighted by molar-refractivity contribution is 5.69. The molecule has 108 valence electrons. The van der Waals surface area contributed by atoms with Crippen LogP contribution in [0.1, 0.15) is 50.8 Å². The van der Waals surface area contributed by atoms with Gasteiger partial charge >= 0.3 is 0 Å². The van der Waals surface area contributed by atoms with Gasteiger partial charge in [0.05, 0.1) is 11.4 Å². The van der Waals surface area contributed by atoms with E-state index in [1.165, 1.54) is 24.1 Å². The second-order valence-corrected chi connectivity index (χ2v) is 7.20. The minimum atomic E-state index is 0.119. The van der Waals surface area contributed by atoms with Crippen LogP contribution in [0.5, 0.6) is 0 Å². The van der Waals surface area contributed by atoms with Crippen LogP contribution in [0.2, 0.25) is 0 Å². The summed E-state index contributed by atoms with van der Waals surface area (Å²) in [6, 6.07) is 10.4. The molecule has 3 nitrogen and oxygen atoms in total. The first-order valence-electron chi connectivity index (χ1n) is 7.68. The summed E-state index contributed by atoms with van der Waals surface area (Å²) in [4.78, 5) is 9.25. The molecule has 3 heteroatoms. The van der Waals surface area contributed by atoms with E-state index < -0.39 is 0 Å². The van der Waals surface area contributed by atoms with E-state index >= 15 is 0 Å². The predicted octanol–water partition coefficient (Wildman–Crippen LogP) is 3.90. The van der Waals surface area contributed by atoms with Crippen molar-refractivity contribution in [2.45, 2.75) is 44.9 Å². The fourth-order valence-electron chi connectivity index (χ4n) is 4.48. The van der Waals surface area contributed by atoms with Gasteiger partial charge in [-0.05, 0) is 24.2 Å². The van der Waals surface area contributed by atoms with Gasteiger partial charge in [0.1, 0.15) is 0 Å². The van der Waals surface area contributed by atoms with E-state index in [1.54, 1.807) is 0 Å². The maximum Gasteiger partial charge on any atom is 0.220 e. The fraction of sp³-hybridized carbons (Fsp3) is 0.444. The summed E-state index contributed by atoms with van der Waals surface area (Å²) >= 11 is 0. The number of fused-ring (bicyclic) bond motifs is 5. The largest absolute Gasteiger partial charge is 0.368 e. The first-order chi connectivity index (χ1) is 9.95.